The lowest BCUT2D eigenvalue weighted by Gasteiger charge is -2.26. The third-order valence-corrected chi connectivity index (χ3v) is 4.79. The van der Waals surface area contributed by atoms with Crippen LogP contribution in [0, 0.1) is 3.57 Å². The van der Waals surface area contributed by atoms with Gasteiger partial charge in [0.2, 0.25) is 0 Å². The van der Waals surface area contributed by atoms with Crippen molar-refractivity contribution in [1.82, 2.24) is 10.2 Å². The maximum Gasteiger partial charge on any atom is 0.255 e. The molecule has 6 heteroatoms. The Morgan fingerprint density at radius 2 is 2.38 bits per heavy atom. The Bertz CT molecular complexity index is 493. The minimum absolute atomic E-state index is 0.0210. The van der Waals surface area contributed by atoms with Gasteiger partial charge in [0, 0.05) is 34.8 Å². The molecule has 1 fully saturated rings. The fraction of sp³-hybridized carbons (Fsp3) is 0.533. The molecule has 1 amide bonds. The summed E-state index contributed by atoms with van der Waals surface area (Å²) in [6, 6.07) is 5.80. The molecule has 21 heavy (non-hydrogen) atoms. The van der Waals surface area contributed by atoms with E-state index < -0.39 is 0 Å². The van der Waals surface area contributed by atoms with Gasteiger partial charge in [0.15, 0.2) is 0 Å². The maximum atomic E-state index is 12.8. The summed E-state index contributed by atoms with van der Waals surface area (Å²) in [6.45, 7) is 2.88. The van der Waals surface area contributed by atoms with Crippen molar-refractivity contribution in [3.8, 4) is 0 Å². The van der Waals surface area contributed by atoms with Crippen LogP contribution in [0.5, 0.6) is 0 Å². The summed E-state index contributed by atoms with van der Waals surface area (Å²) < 4.78 is 6.05. The number of rotatable bonds is 6. The van der Waals surface area contributed by atoms with Crippen molar-refractivity contribution in [2.45, 2.75) is 18.9 Å². The van der Waals surface area contributed by atoms with E-state index in [1.807, 2.05) is 11.0 Å². The Morgan fingerprint density at radius 3 is 3.05 bits per heavy atom. The molecule has 1 atom stereocenters. The quantitative estimate of drug-likeness (QED) is 0.717. The number of nitrogens with zero attached hydrogens (tertiary/aromatic N) is 1. The largest absolute Gasteiger partial charge is 0.383 e. The zero-order valence-corrected chi connectivity index (χ0v) is 15.0. The van der Waals surface area contributed by atoms with Gasteiger partial charge in [-0.15, -0.1) is 0 Å². The molecule has 4 nitrogen and oxygen atoms in total. The van der Waals surface area contributed by atoms with E-state index in [0.29, 0.717) is 36.3 Å². The number of hydrogen-bond donors (Lipinski definition) is 1. The van der Waals surface area contributed by atoms with E-state index in [0.717, 1.165) is 16.5 Å². The van der Waals surface area contributed by atoms with Gasteiger partial charge >= 0.3 is 0 Å². The fourth-order valence-corrected chi connectivity index (χ4v) is 3.23. The summed E-state index contributed by atoms with van der Waals surface area (Å²) in [6.07, 6.45) is 2.29. The van der Waals surface area contributed by atoms with E-state index in [4.69, 9.17) is 16.3 Å². The van der Waals surface area contributed by atoms with Gasteiger partial charge in [0.1, 0.15) is 0 Å². The lowest BCUT2D eigenvalue weighted by molar-refractivity contribution is 0.0678. The predicted molar refractivity (Wildman–Crippen MR) is 93.0 cm³/mol. The van der Waals surface area contributed by atoms with Crippen molar-refractivity contribution in [2.75, 3.05) is 33.4 Å². The van der Waals surface area contributed by atoms with Crippen molar-refractivity contribution < 1.29 is 9.53 Å². The fourth-order valence-electron chi connectivity index (χ4n) is 2.49. The second-order valence-electron chi connectivity index (χ2n) is 5.16. The summed E-state index contributed by atoms with van der Waals surface area (Å²) >= 11 is 8.20. The summed E-state index contributed by atoms with van der Waals surface area (Å²) in [4.78, 5) is 14.7. The topological polar surface area (TPSA) is 41.6 Å². The second-order valence-corrected chi connectivity index (χ2v) is 6.76. The number of nitrogens with one attached hydrogen (secondary N) is 1. The molecule has 0 spiro atoms. The van der Waals surface area contributed by atoms with Crippen LogP contribution in [0.4, 0.5) is 0 Å². The lowest BCUT2D eigenvalue weighted by Crippen LogP contribution is -2.42. The van der Waals surface area contributed by atoms with Crippen LogP contribution in [0.25, 0.3) is 0 Å². The monoisotopic (exact) mass is 422 g/mol. The molecule has 1 unspecified atom stereocenters. The first-order valence-corrected chi connectivity index (χ1v) is 8.54. The number of carbonyl (C=O) groups excluding carboxylic acids is 1. The predicted octanol–water partition coefficient (Wildman–Crippen LogP) is 2.79. The third-order valence-electron chi connectivity index (χ3n) is 3.61. The Labute approximate surface area is 144 Å². The molecule has 1 aromatic rings. The molecular formula is C15H20ClIN2O2. The maximum absolute atomic E-state index is 12.8. The summed E-state index contributed by atoms with van der Waals surface area (Å²) in [5.41, 5.74) is 0.664. The van der Waals surface area contributed by atoms with Gasteiger partial charge in [0.05, 0.1) is 12.2 Å². The first kappa shape index (κ1) is 17.0. The molecule has 0 bridgehead atoms. The van der Waals surface area contributed by atoms with E-state index in [1.165, 1.54) is 6.42 Å². The SMILES string of the molecule is COCCN(CC1CCCN1)C(=O)c1cc(Cl)ccc1I. The van der Waals surface area contributed by atoms with Gasteiger partial charge in [-0.3, -0.25) is 4.79 Å². The average Bonchev–Trinajstić information content (AvgIpc) is 2.98. The van der Waals surface area contributed by atoms with Crippen LogP contribution in [-0.4, -0.2) is 50.2 Å². The number of methoxy groups -OCH3 is 1. The third kappa shape index (κ3) is 4.81. The number of carbonyl (C=O) groups is 1. The number of benzene rings is 1. The van der Waals surface area contributed by atoms with Gasteiger partial charge in [-0.2, -0.15) is 0 Å². The first-order valence-electron chi connectivity index (χ1n) is 7.08. The highest BCUT2D eigenvalue weighted by Gasteiger charge is 2.23. The van der Waals surface area contributed by atoms with Gasteiger partial charge in [-0.25, -0.2) is 0 Å². The van der Waals surface area contributed by atoms with Crippen LogP contribution in [0.1, 0.15) is 23.2 Å². The summed E-state index contributed by atoms with van der Waals surface area (Å²) in [7, 11) is 1.65. The van der Waals surface area contributed by atoms with Crippen molar-refractivity contribution in [1.29, 1.82) is 0 Å². The molecular weight excluding hydrogens is 403 g/mol. The van der Waals surface area contributed by atoms with E-state index in [-0.39, 0.29) is 5.91 Å². The van der Waals surface area contributed by atoms with Gasteiger partial charge < -0.3 is 15.0 Å². The highest BCUT2D eigenvalue weighted by Crippen LogP contribution is 2.20. The molecule has 1 aromatic carbocycles. The van der Waals surface area contributed by atoms with Gasteiger partial charge in [0.25, 0.3) is 5.91 Å². The van der Waals surface area contributed by atoms with E-state index in [1.54, 1.807) is 19.2 Å². The molecule has 2 rings (SSSR count). The normalized spacial score (nSPS) is 18.0. The second kappa shape index (κ2) is 8.31. The van der Waals surface area contributed by atoms with Crippen LogP contribution in [-0.2, 0) is 4.74 Å². The minimum Gasteiger partial charge on any atom is -0.383 e. The van der Waals surface area contributed by atoms with E-state index in [9.17, 15) is 4.79 Å². The molecule has 116 valence electrons. The molecule has 0 aromatic heterocycles. The van der Waals surface area contributed by atoms with Crippen LogP contribution in [0.15, 0.2) is 18.2 Å². The smallest absolute Gasteiger partial charge is 0.255 e. The van der Waals surface area contributed by atoms with Crippen LogP contribution in [0.3, 0.4) is 0 Å². The molecule has 0 saturated carbocycles. The highest BCUT2D eigenvalue weighted by atomic mass is 127. The molecule has 1 aliphatic heterocycles. The van der Waals surface area contributed by atoms with Gasteiger partial charge in [-0.1, -0.05) is 11.6 Å². The Kier molecular flexibility index (Phi) is 6.73. The minimum atomic E-state index is 0.0210. The molecule has 1 N–H and O–H groups in total. The van der Waals surface area contributed by atoms with Crippen molar-refractivity contribution in [2.24, 2.45) is 0 Å². The number of halogens is 2. The number of hydrogen-bond acceptors (Lipinski definition) is 3. The molecule has 0 aliphatic carbocycles. The van der Waals surface area contributed by atoms with Crippen LogP contribution in [0.2, 0.25) is 5.02 Å². The van der Waals surface area contributed by atoms with Crippen LogP contribution >= 0.6 is 34.2 Å². The molecule has 1 aliphatic rings. The Morgan fingerprint density at radius 1 is 1.57 bits per heavy atom. The van der Waals surface area contributed by atoms with Crippen LogP contribution < -0.4 is 5.32 Å². The number of amides is 1. The average molecular weight is 423 g/mol. The molecule has 0 radical (unpaired) electrons. The molecule has 1 heterocycles. The van der Waals surface area contributed by atoms with E-state index in [2.05, 4.69) is 27.9 Å². The summed E-state index contributed by atoms with van der Waals surface area (Å²) in [5.74, 6) is 0.0210. The Hall–Kier alpha value is -0.370. The van der Waals surface area contributed by atoms with Crippen molar-refractivity contribution in [3.05, 3.63) is 32.4 Å². The zero-order valence-electron chi connectivity index (χ0n) is 12.1. The van der Waals surface area contributed by atoms with Gasteiger partial charge in [-0.05, 0) is 60.2 Å². The first-order chi connectivity index (χ1) is 10.1. The standard InChI is InChI=1S/C15H20ClIN2O2/c1-21-8-7-19(10-12-3-2-6-18-12)15(20)13-9-11(16)4-5-14(13)17/h4-5,9,12,18H,2-3,6-8,10H2,1H3. The number of ether oxygens (including phenoxy) is 1. The molecule has 1 saturated heterocycles. The Balaban J connectivity index is 2.13. The highest BCUT2D eigenvalue weighted by molar-refractivity contribution is 14.1. The summed E-state index contributed by atoms with van der Waals surface area (Å²) in [5, 5.41) is 4.02. The van der Waals surface area contributed by atoms with Crippen molar-refractivity contribution in [3.63, 3.8) is 0 Å². The lowest BCUT2D eigenvalue weighted by atomic mass is 10.1. The zero-order chi connectivity index (χ0) is 15.2. The van der Waals surface area contributed by atoms with E-state index >= 15 is 0 Å². The van der Waals surface area contributed by atoms with Crippen molar-refractivity contribution >= 4 is 40.1 Å².